The molecular formula is C17H28N2O. The van der Waals surface area contributed by atoms with Gasteiger partial charge in [0, 0.05) is 12.1 Å². The van der Waals surface area contributed by atoms with E-state index in [-0.39, 0.29) is 11.4 Å². The Hall–Kier alpha value is -1.35. The molecule has 0 radical (unpaired) electrons. The summed E-state index contributed by atoms with van der Waals surface area (Å²) in [4.78, 5) is 12.3. The van der Waals surface area contributed by atoms with Gasteiger partial charge in [-0.25, -0.2) is 0 Å². The van der Waals surface area contributed by atoms with Crippen LogP contribution in [-0.2, 0) is 11.2 Å². The van der Waals surface area contributed by atoms with E-state index in [1.165, 1.54) is 5.56 Å². The third-order valence-electron chi connectivity index (χ3n) is 3.61. The second-order valence-corrected chi connectivity index (χ2v) is 6.52. The highest BCUT2D eigenvalue weighted by Crippen LogP contribution is 2.16. The molecule has 1 aromatic carbocycles. The molecule has 0 bridgehead atoms. The summed E-state index contributed by atoms with van der Waals surface area (Å²) < 4.78 is 0. The fraction of sp³-hybridized carbons (Fsp3) is 0.588. The van der Waals surface area contributed by atoms with Crippen LogP contribution in [0.15, 0.2) is 18.2 Å². The highest BCUT2D eigenvalue weighted by Gasteiger charge is 2.25. The SMILES string of the molecule is Cc1ccc(C)c(CC(=O)NC(C)(CN)CC(C)C)c1. The highest BCUT2D eigenvalue weighted by atomic mass is 16.1. The number of nitrogens with two attached hydrogens (primary N) is 1. The van der Waals surface area contributed by atoms with Crippen LogP contribution in [0, 0.1) is 19.8 Å². The molecule has 0 saturated carbocycles. The Kier molecular flexibility index (Phi) is 5.75. The van der Waals surface area contributed by atoms with E-state index in [2.05, 4.69) is 37.4 Å². The average Bonchev–Trinajstić information content (AvgIpc) is 2.32. The van der Waals surface area contributed by atoms with Crippen molar-refractivity contribution >= 4 is 5.91 Å². The lowest BCUT2D eigenvalue weighted by Gasteiger charge is -2.31. The summed E-state index contributed by atoms with van der Waals surface area (Å²) in [7, 11) is 0. The Labute approximate surface area is 122 Å². The minimum absolute atomic E-state index is 0.0484. The van der Waals surface area contributed by atoms with E-state index >= 15 is 0 Å². The van der Waals surface area contributed by atoms with E-state index in [9.17, 15) is 4.79 Å². The highest BCUT2D eigenvalue weighted by molar-refractivity contribution is 5.79. The van der Waals surface area contributed by atoms with Gasteiger partial charge in [-0.05, 0) is 44.2 Å². The molecule has 0 aliphatic rings. The van der Waals surface area contributed by atoms with Crippen molar-refractivity contribution in [3.63, 3.8) is 0 Å². The second kappa shape index (κ2) is 6.89. The molecule has 0 saturated heterocycles. The molecular weight excluding hydrogens is 248 g/mol. The average molecular weight is 276 g/mol. The first-order valence-electron chi connectivity index (χ1n) is 7.33. The predicted molar refractivity (Wildman–Crippen MR) is 84.7 cm³/mol. The van der Waals surface area contributed by atoms with Crippen LogP contribution in [0.1, 0.15) is 43.9 Å². The Morgan fingerprint density at radius 3 is 2.55 bits per heavy atom. The van der Waals surface area contributed by atoms with Crippen molar-refractivity contribution in [3.8, 4) is 0 Å². The van der Waals surface area contributed by atoms with E-state index in [4.69, 9.17) is 5.73 Å². The quantitative estimate of drug-likeness (QED) is 0.839. The lowest BCUT2D eigenvalue weighted by Crippen LogP contribution is -2.52. The van der Waals surface area contributed by atoms with Crippen molar-refractivity contribution in [1.82, 2.24) is 5.32 Å². The molecule has 0 heterocycles. The molecule has 20 heavy (non-hydrogen) atoms. The van der Waals surface area contributed by atoms with Gasteiger partial charge < -0.3 is 11.1 Å². The summed E-state index contributed by atoms with van der Waals surface area (Å²) in [6.45, 7) is 10.9. The standard InChI is InChI=1S/C17H28N2O/c1-12(2)10-17(5,11-18)19-16(20)9-15-8-13(3)6-7-14(15)4/h6-8,12H,9-11,18H2,1-5H3,(H,19,20). The van der Waals surface area contributed by atoms with Crippen LogP contribution in [0.3, 0.4) is 0 Å². The van der Waals surface area contributed by atoms with E-state index in [1.54, 1.807) is 0 Å². The Morgan fingerprint density at radius 2 is 2.00 bits per heavy atom. The number of hydrogen-bond acceptors (Lipinski definition) is 2. The molecule has 0 aliphatic carbocycles. The monoisotopic (exact) mass is 276 g/mol. The van der Waals surface area contributed by atoms with Crippen LogP contribution in [0.25, 0.3) is 0 Å². The van der Waals surface area contributed by atoms with E-state index in [0.29, 0.717) is 18.9 Å². The van der Waals surface area contributed by atoms with Gasteiger partial charge in [-0.15, -0.1) is 0 Å². The van der Waals surface area contributed by atoms with Gasteiger partial charge in [0.05, 0.1) is 6.42 Å². The molecule has 0 aliphatic heterocycles. The maximum atomic E-state index is 12.3. The number of carbonyl (C=O) groups excluding carboxylic acids is 1. The molecule has 1 atom stereocenters. The maximum absolute atomic E-state index is 12.3. The Balaban J connectivity index is 2.73. The minimum Gasteiger partial charge on any atom is -0.349 e. The number of hydrogen-bond donors (Lipinski definition) is 2. The van der Waals surface area contributed by atoms with Gasteiger partial charge >= 0.3 is 0 Å². The first kappa shape index (κ1) is 16.7. The summed E-state index contributed by atoms with van der Waals surface area (Å²) >= 11 is 0. The van der Waals surface area contributed by atoms with Crippen molar-refractivity contribution in [2.24, 2.45) is 11.7 Å². The summed E-state index contributed by atoms with van der Waals surface area (Å²) in [6.07, 6.45) is 1.31. The summed E-state index contributed by atoms with van der Waals surface area (Å²) in [5, 5.41) is 3.11. The van der Waals surface area contributed by atoms with Crippen molar-refractivity contribution < 1.29 is 4.79 Å². The molecule has 3 heteroatoms. The third kappa shape index (κ3) is 4.97. The molecule has 3 nitrogen and oxygen atoms in total. The van der Waals surface area contributed by atoms with Crippen LogP contribution >= 0.6 is 0 Å². The maximum Gasteiger partial charge on any atom is 0.224 e. The van der Waals surface area contributed by atoms with Gasteiger partial charge in [0.1, 0.15) is 0 Å². The Morgan fingerprint density at radius 1 is 1.35 bits per heavy atom. The number of carbonyl (C=O) groups is 1. The zero-order valence-corrected chi connectivity index (χ0v) is 13.4. The number of benzene rings is 1. The van der Waals surface area contributed by atoms with Crippen LogP contribution in [0.2, 0.25) is 0 Å². The van der Waals surface area contributed by atoms with Crippen molar-refractivity contribution in [2.75, 3.05) is 6.54 Å². The third-order valence-corrected chi connectivity index (χ3v) is 3.61. The zero-order chi connectivity index (χ0) is 15.3. The van der Waals surface area contributed by atoms with Gasteiger partial charge in [-0.3, -0.25) is 4.79 Å². The number of aryl methyl sites for hydroxylation is 2. The van der Waals surface area contributed by atoms with Gasteiger partial charge in [0.25, 0.3) is 0 Å². The Bertz CT molecular complexity index is 468. The number of nitrogens with one attached hydrogen (secondary N) is 1. The smallest absolute Gasteiger partial charge is 0.224 e. The first-order valence-corrected chi connectivity index (χ1v) is 7.33. The van der Waals surface area contributed by atoms with Gasteiger partial charge in [-0.1, -0.05) is 37.6 Å². The van der Waals surface area contributed by atoms with Gasteiger partial charge in [-0.2, -0.15) is 0 Å². The van der Waals surface area contributed by atoms with E-state index < -0.39 is 0 Å². The fourth-order valence-electron chi connectivity index (χ4n) is 2.63. The van der Waals surface area contributed by atoms with Crippen molar-refractivity contribution in [1.29, 1.82) is 0 Å². The van der Waals surface area contributed by atoms with Gasteiger partial charge in [0.15, 0.2) is 0 Å². The van der Waals surface area contributed by atoms with Crippen LogP contribution in [0.4, 0.5) is 0 Å². The molecule has 1 amide bonds. The fourth-order valence-corrected chi connectivity index (χ4v) is 2.63. The largest absolute Gasteiger partial charge is 0.349 e. The molecule has 0 fully saturated rings. The normalized spacial score (nSPS) is 14.2. The zero-order valence-electron chi connectivity index (χ0n) is 13.4. The summed E-state index contributed by atoms with van der Waals surface area (Å²) in [6, 6.07) is 6.21. The molecule has 1 aromatic rings. The second-order valence-electron chi connectivity index (χ2n) is 6.52. The lowest BCUT2D eigenvalue weighted by molar-refractivity contribution is -0.122. The van der Waals surface area contributed by atoms with Crippen molar-refractivity contribution in [2.45, 2.75) is 53.0 Å². The minimum atomic E-state index is -0.316. The topological polar surface area (TPSA) is 55.1 Å². The van der Waals surface area contributed by atoms with E-state index in [1.807, 2.05) is 20.8 Å². The predicted octanol–water partition coefficient (Wildman–Crippen LogP) is 2.73. The van der Waals surface area contributed by atoms with Crippen molar-refractivity contribution in [3.05, 3.63) is 34.9 Å². The molecule has 0 spiro atoms. The summed E-state index contributed by atoms with van der Waals surface area (Å²) in [5.41, 5.74) is 8.95. The number of amides is 1. The molecule has 112 valence electrons. The summed E-state index contributed by atoms with van der Waals surface area (Å²) in [5.74, 6) is 0.553. The molecule has 1 rings (SSSR count). The van der Waals surface area contributed by atoms with Crippen LogP contribution < -0.4 is 11.1 Å². The molecule has 1 unspecified atom stereocenters. The van der Waals surface area contributed by atoms with Crippen LogP contribution in [-0.4, -0.2) is 18.0 Å². The van der Waals surface area contributed by atoms with E-state index in [0.717, 1.165) is 17.5 Å². The van der Waals surface area contributed by atoms with Gasteiger partial charge in [0.2, 0.25) is 5.91 Å². The molecule has 0 aromatic heterocycles. The number of rotatable bonds is 6. The lowest BCUT2D eigenvalue weighted by atomic mass is 9.90. The molecule has 3 N–H and O–H groups in total. The van der Waals surface area contributed by atoms with Crippen LogP contribution in [0.5, 0.6) is 0 Å². The first-order chi connectivity index (χ1) is 9.25.